The highest BCUT2D eigenvalue weighted by Gasteiger charge is 2.36. The summed E-state index contributed by atoms with van der Waals surface area (Å²) in [5, 5.41) is 2.84. The first-order valence-corrected chi connectivity index (χ1v) is 10.7. The number of imide groups is 1. The van der Waals surface area contributed by atoms with E-state index in [0.29, 0.717) is 11.3 Å². The lowest BCUT2D eigenvalue weighted by Gasteiger charge is -2.20. The number of halogens is 1. The Balaban J connectivity index is 1.73. The van der Waals surface area contributed by atoms with Crippen LogP contribution in [0.25, 0.3) is 0 Å². The zero-order valence-electron chi connectivity index (χ0n) is 18.5. The van der Waals surface area contributed by atoms with Crippen molar-refractivity contribution in [3.63, 3.8) is 0 Å². The topological polar surface area (TPSA) is 92.8 Å². The summed E-state index contributed by atoms with van der Waals surface area (Å²) in [6, 6.07) is 12.5. The number of carbonyl (C=O) groups excluding carboxylic acids is 4. The first-order chi connectivity index (χ1) is 15.5. The summed E-state index contributed by atoms with van der Waals surface area (Å²) in [5.74, 6) is -2.15. The fourth-order valence-electron chi connectivity index (χ4n) is 3.21. The summed E-state index contributed by atoms with van der Waals surface area (Å²) in [6.45, 7) is 4.81. The van der Waals surface area contributed by atoms with E-state index in [9.17, 15) is 23.6 Å². The Morgan fingerprint density at radius 1 is 1.00 bits per heavy atom. The molecule has 1 aliphatic heterocycles. The maximum Gasteiger partial charge on any atom is 0.261 e. The Bertz CT molecular complexity index is 1120. The number of nitrogens with zero attached hydrogens (tertiary/aromatic N) is 1. The van der Waals surface area contributed by atoms with Gasteiger partial charge >= 0.3 is 0 Å². The Kier molecular flexibility index (Phi) is 7.08. The van der Waals surface area contributed by atoms with Gasteiger partial charge in [0, 0.05) is 16.7 Å². The number of benzene rings is 2. The SMILES string of the molecule is CC(C)(C)NC(=O)c1ccc(OC/C(CN2C(=O)c3ccccc3C2=O)=C(/F)C(=O)P)cc1. The molecule has 1 atom stereocenters. The molecular formula is C24H24FN2O5P. The molecule has 172 valence electrons. The molecule has 3 amide bonds. The van der Waals surface area contributed by atoms with Gasteiger partial charge in [-0.25, -0.2) is 4.39 Å². The summed E-state index contributed by atoms with van der Waals surface area (Å²) in [5.41, 5.74) is -0.587. The highest BCUT2D eigenvalue weighted by molar-refractivity contribution is 7.41. The number of hydrogen-bond acceptors (Lipinski definition) is 5. The molecule has 0 saturated heterocycles. The Morgan fingerprint density at radius 3 is 2.03 bits per heavy atom. The molecule has 0 radical (unpaired) electrons. The first kappa shape index (κ1) is 24.3. The standard InChI is InChI=1S/C24H24FN2O5P/c1-24(2,3)26-20(28)14-8-10-16(11-9-14)32-13-15(19(25)23(31)33)12-27-21(29)17-6-4-5-7-18(17)22(27)30/h4-11H,12-13,33H2,1-3H3,(H,26,28)/b19-15+. The van der Waals surface area contributed by atoms with E-state index in [1.165, 1.54) is 24.3 Å². The predicted molar refractivity (Wildman–Crippen MR) is 124 cm³/mol. The van der Waals surface area contributed by atoms with Crippen molar-refractivity contribution in [2.24, 2.45) is 0 Å². The second kappa shape index (κ2) is 9.63. The summed E-state index contributed by atoms with van der Waals surface area (Å²) in [4.78, 5) is 49.9. The highest BCUT2D eigenvalue weighted by atomic mass is 31.0. The third kappa shape index (κ3) is 5.71. The third-order valence-electron chi connectivity index (χ3n) is 4.77. The van der Waals surface area contributed by atoms with Crippen LogP contribution in [0.3, 0.4) is 0 Å². The summed E-state index contributed by atoms with van der Waals surface area (Å²) in [7, 11) is 1.73. The smallest absolute Gasteiger partial charge is 0.261 e. The normalized spacial score (nSPS) is 14.0. The van der Waals surface area contributed by atoms with Gasteiger partial charge < -0.3 is 10.1 Å². The molecule has 33 heavy (non-hydrogen) atoms. The van der Waals surface area contributed by atoms with E-state index in [-0.39, 0.29) is 29.2 Å². The highest BCUT2D eigenvalue weighted by Crippen LogP contribution is 2.25. The lowest BCUT2D eigenvalue weighted by Crippen LogP contribution is -2.40. The lowest BCUT2D eigenvalue weighted by molar-refractivity contribution is -0.109. The number of rotatable bonds is 7. The summed E-state index contributed by atoms with van der Waals surface area (Å²) < 4.78 is 20.2. The van der Waals surface area contributed by atoms with Gasteiger partial charge in [-0.05, 0) is 57.2 Å². The minimum absolute atomic E-state index is 0.154. The van der Waals surface area contributed by atoms with E-state index >= 15 is 0 Å². The molecule has 1 aliphatic rings. The molecule has 0 spiro atoms. The van der Waals surface area contributed by atoms with Crippen LogP contribution in [-0.2, 0) is 4.79 Å². The maximum absolute atomic E-state index is 14.6. The van der Waals surface area contributed by atoms with Crippen LogP contribution < -0.4 is 10.1 Å². The number of fused-ring (bicyclic) bond motifs is 1. The molecule has 3 rings (SSSR count). The Hall–Kier alpha value is -3.38. The molecule has 0 bridgehead atoms. The van der Waals surface area contributed by atoms with E-state index in [0.717, 1.165) is 4.90 Å². The van der Waals surface area contributed by atoms with Gasteiger partial charge in [0.25, 0.3) is 17.7 Å². The zero-order chi connectivity index (χ0) is 24.3. The lowest BCUT2D eigenvalue weighted by atomic mass is 10.1. The van der Waals surface area contributed by atoms with Crippen molar-refractivity contribution in [3.05, 3.63) is 76.6 Å². The van der Waals surface area contributed by atoms with Crippen LogP contribution >= 0.6 is 9.24 Å². The second-order valence-electron chi connectivity index (χ2n) is 8.54. The van der Waals surface area contributed by atoms with Gasteiger partial charge in [0.15, 0.2) is 5.83 Å². The van der Waals surface area contributed by atoms with Crippen LogP contribution in [-0.4, -0.2) is 46.8 Å². The average Bonchev–Trinajstić information content (AvgIpc) is 3.00. The fourth-order valence-corrected chi connectivity index (χ4v) is 3.42. The van der Waals surface area contributed by atoms with Crippen LogP contribution in [0.1, 0.15) is 51.8 Å². The van der Waals surface area contributed by atoms with Crippen LogP contribution in [0.5, 0.6) is 5.75 Å². The number of nitrogens with one attached hydrogen (secondary N) is 1. The maximum atomic E-state index is 14.6. The van der Waals surface area contributed by atoms with Gasteiger partial charge in [-0.3, -0.25) is 24.1 Å². The fraction of sp³-hybridized carbons (Fsp3) is 0.250. The summed E-state index contributed by atoms with van der Waals surface area (Å²) in [6.07, 6.45) is 0. The van der Waals surface area contributed by atoms with Crippen LogP contribution in [0.4, 0.5) is 4.39 Å². The Labute approximate surface area is 193 Å². The second-order valence-corrected chi connectivity index (χ2v) is 9.07. The monoisotopic (exact) mass is 470 g/mol. The van der Waals surface area contributed by atoms with Crippen LogP contribution in [0.2, 0.25) is 0 Å². The quantitative estimate of drug-likeness (QED) is 0.380. The molecular weight excluding hydrogens is 446 g/mol. The molecule has 1 unspecified atom stereocenters. The molecule has 0 aromatic heterocycles. The molecule has 9 heteroatoms. The molecule has 2 aromatic carbocycles. The minimum atomic E-state index is -1.10. The van der Waals surface area contributed by atoms with Gasteiger partial charge in [0.1, 0.15) is 12.4 Å². The molecule has 7 nitrogen and oxygen atoms in total. The third-order valence-corrected chi connectivity index (χ3v) is 5.03. The van der Waals surface area contributed by atoms with Gasteiger partial charge in [0.2, 0.25) is 5.52 Å². The van der Waals surface area contributed by atoms with Crippen molar-refractivity contribution < 1.29 is 28.3 Å². The number of amides is 3. The van der Waals surface area contributed by atoms with E-state index in [4.69, 9.17) is 4.74 Å². The van der Waals surface area contributed by atoms with Crippen molar-refractivity contribution in [1.82, 2.24) is 10.2 Å². The van der Waals surface area contributed by atoms with E-state index in [2.05, 4.69) is 5.32 Å². The first-order valence-electron chi connectivity index (χ1n) is 10.2. The Morgan fingerprint density at radius 2 is 1.55 bits per heavy atom. The van der Waals surface area contributed by atoms with Crippen molar-refractivity contribution in [2.75, 3.05) is 13.2 Å². The average molecular weight is 470 g/mol. The van der Waals surface area contributed by atoms with E-state index in [1.54, 1.807) is 33.5 Å². The molecule has 0 fully saturated rings. The number of allylic oxidation sites excluding steroid dienone is 1. The van der Waals surface area contributed by atoms with Crippen LogP contribution in [0.15, 0.2) is 59.9 Å². The largest absolute Gasteiger partial charge is 0.489 e. The molecule has 1 heterocycles. The van der Waals surface area contributed by atoms with Gasteiger partial charge in [0.05, 0.1) is 17.7 Å². The van der Waals surface area contributed by atoms with Crippen molar-refractivity contribution >= 4 is 32.5 Å². The van der Waals surface area contributed by atoms with Gasteiger partial charge in [-0.1, -0.05) is 21.4 Å². The number of hydrogen-bond donors (Lipinski definition) is 1. The number of ether oxygens (including phenoxy) is 1. The van der Waals surface area contributed by atoms with Crippen molar-refractivity contribution in [1.29, 1.82) is 0 Å². The van der Waals surface area contributed by atoms with E-state index < -0.39 is 35.2 Å². The molecule has 0 aliphatic carbocycles. The molecule has 2 aromatic rings. The van der Waals surface area contributed by atoms with Gasteiger partial charge in [-0.15, -0.1) is 0 Å². The summed E-state index contributed by atoms with van der Waals surface area (Å²) >= 11 is 0. The van der Waals surface area contributed by atoms with Gasteiger partial charge in [-0.2, -0.15) is 0 Å². The molecule has 1 N–H and O–H groups in total. The minimum Gasteiger partial charge on any atom is -0.489 e. The zero-order valence-corrected chi connectivity index (χ0v) is 19.6. The molecule has 0 saturated carbocycles. The van der Waals surface area contributed by atoms with Crippen molar-refractivity contribution in [3.8, 4) is 5.75 Å². The van der Waals surface area contributed by atoms with E-state index in [1.807, 2.05) is 20.8 Å². The van der Waals surface area contributed by atoms with Crippen molar-refractivity contribution in [2.45, 2.75) is 26.3 Å². The van der Waals surface area contributed by atoms with Crippen LogP contribution in [0, 0.1) is 0 Å². The predicted octanol–water partition coefficient (Wildman–Crippen LogP) is 3.52. The number of carbonyl (C=O) groups is 4.